The minimum Gasteiger partial charge on any atom is -0.370 e. The van der Waals surface area contributed by atoms with E-state index < -0.39 is 16.3 Å². The Bertz CT molecular complexity index is 1270. The molecule has 6 rings (SSSR count). The minimum atomic E-state index is -3.49. The van der Waals surface area contributed by atoms with Crippen LogP contribution in [-0.2, 0) is 10.0 Å². The van der Waals surface area contributed by atoms with Crippen molar-refractivity contribution in [2.24, 2.45) is 5.41 Å². The zero-order valence-corrected chi connectivity index (χ0v) is 21.7. The first-order valence-corrected chi connectivity index (χ1v) is 14.7. The second-order valence-corrected chi connectivity index (χ2v) is 13.0. The largest absolute Gasteiger partial charge is 0.370 e. The van der Waals surface area contributed by atoms with Crippen molar-refractivity contribution in [1.82, 2.24) is 14.3 Å². The van der Waals surface area contributed by atoms with Crippen LogP contribution in [0.25, 0.3) is 6.08 Å². The van der Waals surface area contributed by atoms with Crippen LogP contribution < -0.4 is 10.2 Å². The molecule has 1 aromatic heterocycles. The van der Waals surface area contributed by atoms with Gasteiger partial charge in [-0.05, 0) is 73.9 Å². The van der Waals surface area contributed by atoms with E-state index in [0.717, 1.165) is 61.2 Å². The second-order valence-electron chi connectivity index (χ2n) is 11.0. The monoisotopic (exact) mass is 509 g/mol. The number of hydrogen-bond acceptors (Lipinski definition) is 7. The molecule has 2 aromatic rings. The molecule has 2 saturated carbocycles. The normalized spacial score (nSPS) is 24.1. The molecule has 3 heterocycles. The number of anilines is 3. The first-order chi connectivity index (χ1) is 17.3. The molecular formula is C27H35N5O3S. The van der Waals surface area contributed by atoms with E-state index in [1.165, 1.54) is 19.3 Å². The van der Waals surface area contributed by atoms with E-state index in [2.05, 4.69) is 10.3 Å². The number of aryl methyl sites for hydroxylation is 1. The topological polar surface area (TPSA) is 98.7 Å². The Kier molecular flexibility index (Phi) is 6.05. The van der Waals surface area contributed by atoms with E-state index in [1.807, 2.05) is 17.9 Å². The third kappa shape index (κ3) is 4.21. The number of aliphatic hydroxyl groups is 1. The lowest BCUT2D eigenvalue weighted by Gasteiger charge is -2.51. The maximum atomic E-state index is 13.3. The third-order valence-electron chi connectivity index (χ3n) is 8.51. The molecule has 4 aliphatic rings. The van der Waals surface area contributed by atoms with Gasteiger partial charge in [0, 0.05) is 36.6 Å². The highest BCUT2D eigenvalue weighted by Gasteiger charge is 2.48. The fraction of sp³-hybridized carbons (Fsp3) is 0.556. The number of hydrogen-bond donors (Lipinski definition) is 2. The molecule has 1 aromatic carbocycles. The van der Waals surface area contributed by atoms with Gasteiger partial charge in [-0.3, -0.25) is 0 Å². The van der Waals surface area contributed by atoms with Crippen LogP contribution >= 0.6 is 0 Å². The Balaban J connectivity index is 1.20. The molecule has 192 valence electrons. The van der Waals surface area contributed by atoms with Crippen molar-refractivity contribution in [3.05, 3.63) is 41.6 Å². The summed E-state index contributed by atoms with van der Waals surface area (Å²) < 4.78 is 28.2. The molecule has 1 unspecified atom stereocenters. The number of sulfonamides is 1. The van der Waals surface area contributed by atoms with Crippen molar-refractivity contribution >= 4 is 33.6 Å². The molecule has 0 amide bonds. The summed E-state index contributed by atoms with van der Waals surface area (Å²) >= 11 is 0. The Morgan fingerprint density at radius 3 is 2.56 bits per heavy atom. The minimum absolute atomic E-state index is 0.209. The summed E-state index contributed by atoms with van der Waals surface area (Å²) in [4.78, 5) is 11.6. The first kappa shape index (κ1) is 23.9. The zero-order chi connectivity index (χ0) is 24.9. The van der Waals surface area contributed by atoms with E-state index in [9.17, 15) is 13.5 Å². The van der Waals surface area contributed by atoms with Crippen molar-refractivity contribution < 1.29 is 13.5 Å². The molecule has 1 atom stereocenters. The zero-order valence-electron chi connectivity index (χ0n) is 20.9. The van der Waals surface area contributed by atoms with Crippen LogP contribution in [0, 0.1) is 12.3 Å². The lowest BCUT2D eigenvalue weighted by atomic mass is 9.70. The van der Waals surface area contributed by atoms with Crippen LogP contribution in [0.5, 0.6) is 0 Å². The summed E-state index contributed by atoms with van der Waals surface area (Å²) in [6.07, 6.45) is 15.1. The molecule has 2 aliphatic heterocycles. The van der Waals surface area contributed by atoms with Crippen molar-refractivity contribution in [2.75, 3.05) is 23.3 Å². The van der Waals surface area contributed by atoms with Crippen molar-refractivity contribution in [3.8, 4) is 0 Å². The van der Waals surface area contributed by atoms with Crippen LogP contribution in [-0.4, -0.2) is 53.2 Å². The number of aliphatic hydroxyl groups excluding tert-OH is 1. The van der Waals surface area contributed by atoms with E-state index >= 15 is 0 Å². The van der Waals surface area contributed by atoms with Gasteiger partial charge in [-0.1, -0.05) is 32.1 Å². The average Bonchev–Trinajstić information content (AvgIpc) is 3.38. The summed E-state index contributed by atoms with van der Waals surface area (Å²) in [7, 11) is -3.49. The predicted molar refractivity (Wildman–Crippen MR) is 141 cm³/mol. The summed E-state index contributed by atoms with van der Waals surface area (Å²) in [6, 6.07) is 5.47. The van der Waals surface area contributed by atoms with Gasteiger partial charge in [0.15, 0.2) is 0 Å². The Morgan fingerprint density at radius 1 is 1.08 bits per heavy atom. The number of nitrogens with zero attached hydrogens (tertiary/aromatic N) is 4. The first-order valence-electron chi connectivity index (χ1n) is 13.2. The van der Waals surface area contributed by atoms with Gasteiger partial charge < -0.3 is 15.3 Å². The predicted octanol–water partition coefficient (Wildman–Crippen LogP) is 4.58. The van der Waals surface area contributed by atoms with Gasteiger partial charge in [0.25, 0.3) is 0 Å². The highest BCUT2D eigenvalue weighted by molar-refractivity contribution is 7.89. The Labute approximate surface area is 213 Å². The summed E-state index contributed by atoms with van der Waals surface area (Å²) in [5, 5.41) is 13.9. The molecule has 0 radical (unpaired) electrons. The molecule has 2 N–H and O–H groups in total. The summed E-state index contributed by atoms with van der Waals surface area (Å²) in [6.45, 7) is 3.19. The highest BCUT2D eigenvalue weighted by atomic mass is 32.2. The number of benzene rings is 1. The van der Waals surface area contributed by atoms with E-state index in [4.69, 9.17) is 4.98 Å². The van der Waals surface area contributed by atoms with Crippen LogP contribution in [0.4, 0.5) is 17.5 Å². The van der Waals surface area contributed by atoms with Gasteiger partial charge in [-0.15, -0.1) is 0 Å². The van der Waals surface area contributed by atoms with Crippen molar-refractivity contribution in [2.45, 2.75) is 81.9 Å². The lowest BCUT2D eigenvalue weighted by molar-refractivity contribution is 0.0305. The number of rotatable bonds is 5. The Hall–Kier alpha value is -2.49. The Morgan fingerprint density at radius 2 is 1.83 bits per heavy atom. The quantitative estimate of drug-likeness (QED) is 0.609. The summed E-state index contributed by atoms with van der Waals surface area (Å²) in [5.41, 5.74) is 2.68. The van der Waals surface area contributed by atoms with Crippen LogP contribution in [0.3, 0.4) is 0 Å². The third-order valence-corrected chi connectivity index (χ3v) is 10.3. The molecule has 1 saturated heterocycles. The number of nitrogens with one attached hydrogen (secondary N) is 1. The summed E-state index contributed by atoms with van der Waals surface area (Å²) in [5.74, 6) is 1.17. The fourth-order valence-corrected chi connectivity index (χ4v) is 8.19. The van der Waals surface area contributed by atoms with Crippen molar-refractivity contribution in [3.63, 3.8) is 0 Å². The number of fused-ring (bicyclic) bond motifs is 1. The average molecular weight is 510 g/mol. The van der Waals surface area contributed by atoms with Gasteiger partial charge in [0.05, 0.1) is 4.90 Å². The van der Waals surface area contributed by atoms with E-state index in [0.29, 0.717) is 23.9 Å². The molecule has 3 fully saturated rings. The van der Waals surface area contributed by atoms with Gasteiger partial charge >= 0.3 is 0 Å². The maximum Gasteiger partial charge on any atom is 0.243 e. The van der Waals surface area contributed by atoms with Gasteiger partial charge in [0.1, 0.15) is 12.0 Å². The smallest absolute Gasteiger partial charge is 0.243 e. The SMILES string of the molecule is Cc1cc(S(=O)(=O)N2CC3(CCCCC3)C2)ccc1Nc1ncc2c(n1)N(C1CCCC1)C(O)C=C2. The standard InChI is InChI=1S/C27H35N5O3S/c1-19-15-22(36(34,35)31-17-27(18-31)13-5-2-6-14-27)10-11-23(19)29-26-28-16-20-9-12-24(33)32(25(20)30-26)21-7-3-4-8-21/h9-12,15-16,21,24,33H,2-8,13-14,17-18H2,1H3,(H,28,29,30). The van der Waals surface area contributed by atoms with Gasteiger partial charge in [-0.2, -0.15) is 9.29 Å². The van der Waals surface area contributed by atoms with E-state index in [1.54, 1.807) is 34.8 Å². The molecule has 36 heavy (non-hydrogen) atoms. The molecule has 9 heteroatoms. The molecule has 0 bridgehead atoms. The lowest BCUT2D eigenvalue weighted by Crippen LogP contribution is -2.58. The fourth-order valence-electron chi connectivity index (χ4n) is 6.44. The molecular weight excluding hydrogens is 474 g/mol. The number of aromatic nitrogens is 2. The molecule has 1 spiro atoms. The van der Waals surface area contributed by atoms with Gasteiger partial charge in [-0.25, -0.2) is 13.4 Å². The van der Waals surface area contributed by atoms with Gasteiger partial charge in [0.2, 0.25) is 16.0 Å². The highest BCUT2D eigenvalue weighted by Crippen LogP contribution is 2.46. The van der Waals surface area contributed by atoms with Crippen LogP contribution in [0.1, 0.15) is 68.9 Å². The molecule has 2 aliphatic carbocycles. The van der Waals surface area contributed by atoms with Crippen LogP contribution in [0.2, 0.25) is 0 Å². The second kappa shape index (κ2) is 9.11. The maximum absolute atomic E-state index is 13.3. The van der Waals surface area contributed by atoms with Crippen molar-refractivity contribution in [1.29, 1.82) is 0 Å². The van der Waals surface area contributed by atoms with Crippen LogP contribution in [0.15, 0.2) is 35.4 Å². The van der Waals surface area contributed by atoms with E-state index in [-0.39, 0.29) is 11.5 Å². The molecule has 8 nitrogen and oxygen atoms in total.